The number of aromatic nitrogens is 1. The summed E-state index contributed by atoms with van der Waals surface area (Å²) in [5.41, 5.74) is 0.0953. The molecule has 0 fully saturated rings. The summed E-state index contributed by atoms with van der Waals surface area (Å²) in [5.74, 6) is -1.03. The van der Waals surface area contributed by atoms with Crippen LogP contribution in [0.5, 0.6) is 0 Å². The van der Waals surface area contributed by atoms with Crippen LogP contribution in [0.15, 0.2) is 11.5 Å². The van der Waals surface area contributed by atoms with Crippen LogP contribution < -0.4 is 5.32 Å². The van der Waals surface area contributed by atoms with E-state index in [4.69, 9.17) is 9.84 Å². The molecule has 1 heterocycles. The second-order valence-corrected chi connectivity index (χ2v) is 5.86. The van der Waals surface area contributed by atoms with Crippen molar-refractivity contribution in [2.75, 3.05) is 6.54 Å². The summed E-state index contributed by atoms with van der Waals surface area (Å²) in [4.78, 5) is 25.9. The van der Waals surface area contributed by atoms with Gasteiger partial charge in [0, 0.05) is 11.9 Å². The van der Waals surface area contributed by atoms with Gasteiger partial charge in [0.25, 0.3) is 0 Å². The number of nitrogens with zero attached hydrogens (tertiary/aromatic N) is 1. The Hall–Kier alpha value is -1.89. The summed E-state index contributed by atoms with van der Waals surface area (Å²) in [5, 5.41) is 13.1. The first-order chi connectivity index (χ1) is 9.28. The Morgan fingerprint density at radius 3 is 2.75 bits per heavy atom. The van der Waals surface area contributed by atoms with E-state index in [1.165, 1.54) is 0 Å². The highest BCUT2D eigenvalue weighted by molar-refractivity contribution is 7.11. The maximum atomic E-state index is 11.3. The van der Waals surface area contributed by atoms with Gasteiger partial charge in [-0.15, -0.1) is 11.3 Å². The summed E-state index contributed by atoms with van der Waals surface area (Å²) in [6, 6.07) is 0. The second kappa shape index (κ2) is 7.04. The zero-order valence-corrected chi connectivity index (χ0v) is 12.5. The number of rotatable bonds is 5. The second-order valence-electron chi connectivity index (χ2n) is 5.00. The fourth-order valence-corrected chi connectivity index (χ4v) is 1.86. The Morgan fingerprint density at radius 1 is 1.50 bits per heavy atom. The number of nitrogens with one attached hydrogen (secondary N) is 1. The highest BCUT2D eigenvalue weighted by atomic mass is 32.1. The minimum atomic E-state index is -1.03. The summed E-state index contributed by atoms with van der Waals surface area (Å²) in [7, 11) is 0. The lowest BCUT2D eigenvalue weighted by molar-refractivity contribution is 0.0528. The molecule has 0 bridgehead atoms. The van der Waals surface area contributed by atoms with Gasteiger partial charge in [-0.25, -0.2) is 14.6 Å². The lowest BCUT2D eigenvalue weighted by atomic mass is 10.2. The fourth-order valence-electron chi connectivity index (χ4n) is 1.24. The van der Waals surface area contributed by atoms with Gasteiger partial charge in [-0.1, -0.05) is 6.08 Å². The third-order valence-corrected chi connectivity index (χ3v) is 2.82. The average Bonchev–Trinajstić information content (AvgIpc) is 2.75. The molecule has 7 heteroatoms. The van der Waals surface area contributed by atoms with E-state index in [-0.39, 0.29) is 5.01 Å². The molecule has 0 aliphatic heterocycles. The van der Waals surface area contributed by atoms with Crippen LogP contribution in [0.3, 0.4) is 0 Å². The Labute approximate surface area is 121 Å². The molecule has 0 spiro atoms. The monoisotopic (exact) mass is 298 g/mol. The van der Waals surface area contributed by atoms with Gasteiger partial charge >= 0.3 is 12.1 Å². The van der Waals surface area contributed by atoms with Crippen LogP contribution in [0.4, 0.5) is 4.79 Å². The van der Waals surface area contributed by atoms with E-state index in [0.29, 0.717) is 18.7 Å². The van der Waals surface area contributed by atoms with E-state index in [0.717, 1.165) is 11.3 Å². The lowest BCUT2D eigenvalue weighted by Crippen LogP contribution is -2.32. The average molecular weight is 298 g/mol. The Morgan fingerprint density at radius 2 is 2.20 bits per heavy atom. The van der Waals surface area contributed by atoms with Crippen molar-refractivity contribution < 1.29 is 19.4 Å². The number of hydrogen-bond acceptors (Lipinski definition) is 5. The van der Waals surface area contributed by atoms with Gasteiger partial charge in [-0.2, -0.15) is 0 Å². The number of carbonyl (C=O) groups is 2. The van der Waals surface area contributed by atoms with E-state index in [1.54, 1.807) is 32.2 Å². The number of carboxylic acids is 1. The number of carboxylic acid groups (broad SMARTS) is 1. The molecule has 1 aromatic heterocycles. The molecule has 0 atom stereocenters. The Balaban J connectivity index is 2.28. The maximum absolute atomic E-state index is 11.3. The zero-order valence-electron chi connectivity index (χ0n) is 11.7. The van der Waals surface area contributed by atoms with Gasteiger partial charge in [0.2, 0.25) is 5.01 Å². The number of ether oxygens (including phenoxy) is 1. The number of thiazole rings is 1. The van der Waals surface area contributed by atoms with Crippen LogP contribution >= 0.6 is 11.3 Å². The highest BCUT2D eigenvalue weighted by Crippen LogP contribution is 2.11. The van der Waals surface area contributed by atoms with Crippen LogP contribution in [0.2, 0.25) is 0 Å². The lowest BCUT2D eigenvalue weighted by Gasteiger charge is -2.19. The summed E-state index contributed by atoms with van der Waals surface area (Å²) < 4.78 is 5.08. The molecule has 1 amide bonds. The van der Waals surface area contributed by atoms with Crippen molar-refractivity contribution in [1.82, 2.24) is 10.3 Å². The van der Waals surface area contributed by atoms with Gasteiger partial charge in [-0.05, 0) is 33.3 Å². The Kier molecular flexibility index (Phi) is 5.69. The van der Waals surface area contributed by atoms with Crippen molar-refractivity contribution >= 4 is 29.5 Å². The molecular formula is C13H18N2O4S. The molecule has 0 aliphatic rings. The van der Waals surface area contributed by atoms with Gasteiger partial charge in [0.15, 0.2) is 0 Å². The summed E-state index contributed by atoms with van der Waals surface area (Å²) in [6.45, 7) is 5.85. The van der Waals surface area contributed by atoms with E-state index in [9.17, 15) is 9.59 Å². The third kappa shape index (κ3) is 6.33. The van der Waals surface area contributed by atoms with Crippen LogP contribution in [0, 0.1) is 0 Å². The first kappa shape index (κ1) is 16.2. The number of hydrogen-bond donors (Lipinski definition) is 2. The minimum absolute atomic E-state index is 0.0662. The van der Waals surface area contributed by atoms with E-state index in [1.807, 2.05) is 6.08 Å². The molecular weight excluding hydrogens is 280 g/mol. The van der Waals surface area contributed by atoms with Gasteiger partial charge in [0.05, 0.1) is 5.69 Å². The molecule has 0 radical (unpaired) electrons. The summed E-state index contributed by atoms with van der Waals surface area (Å²) in [6.07, 6.45) is 3.70. The Bertz CT molecular complexity index is 503. The predicted octanol–water partition coefficient (Wildman–Crippen LogP) is 2.77. The van der Waals surface area contributed by atoms with Crippen LogP contribution in [-0.4, -0.2) is 34.3 Å². The normalized spacial score (nSPS) is 11.6. The van der Waals surface area contributed by atoms with Crippen molar-refractivity contribution in [3.05, 3.63) is 22.2 Å². The molecule has 0 saturated heterocycles. The minimum Gasteiger partial charge on any atom is -0.476 e. The SMILES string of the molecule is CC(C)(C)OC(=O)NCCC=Cc1csc(C(=O)O)n1. The smallest absolute Gasteiger partial charge is 0.407 e. The molecule has 20 heavy (non-hydrogen) atoms. The topological polar surface area (TPSA) is 88.5 Å². The van der Waals surface area contributed by atoms with Crippen molar-refractivity contribution in [3.8, 4) is 0 Å². The molecule has 110 valence electrons. The van der Waals surface area contributed by atoms with Crippen molar-refractivity contribution in [2.45, 2.75) is 32.8 Å². The van der Waals surface area contributed by atoms with Crippen LogP contribution in [-0.2, 0) is 4.74 Å². The molecule has 0 aromatic carbocycles. The van der Waals surface area contributed by atoms with Gasteiger partial charge < -0.3 is 15.2 Å². The fraction of sp³-hybridized carbons (Fsp3) is 0.462. The zero-order chi connectivity index (χ0) is 15.2. The van der Waals surface area contributed by atoms with Gasteiger partial charge in [0.1, 0.15) is 5.60 Å². The predicted molar refractivity (Wildman–Crippen MR) is 77.0 cm³/mol. The molecule has 1 aromatic rings. The number of alkyl carbamates (subject to hydrolysis) is 1. The van der Waals surface area contributed by atoms with Crippen LogP contribution in [0.1, 0.15) is 42.7 Å². The first-order valence-electron chi connectivity index (χ1n) is 6.10. The van der Waals surface area contributed by atoms with Crippen molar-refractivity contribution in [3.63, 3.8) is 0 Å². The van der Waals surface area contributed by atoms with E-state index in [2.05, 4.69) is 10.3 Å². The first-order valence-corrected chi connectivity index (χ1v) is 6.98. The third-order valence-electron chi connectivity index (χ3n) is 1.97. The molecule has 2 N–H and O–H groups in total. The number of carbonyl (C=O) groups excluding carboxylic acids is 1. The van der Waals surface area contributed by atoms with E-state index >= 15 is 0 Å². The molecule has 0 aliphatic carbocycles. The standard InChI is InChI=1S/C13H18N2O4S/c1-13(2,3)19-12(18)14-7-5-4-6-9-8-20-10(15-9)11(16)17/h4,6,8H,5,7H2,1-3H3,(H,14,18)(H,16,17). The summed E-state index contributed by atoms with van der Waals surface area (Å²) >= 11 is 1.08. The van der Waals surface area contributed by atoms with Gasteiger partial charge in [-0.3, -0.25) is 0 Å². The number of amides is 1. The molecule has 0 saturated carbocycles. The molecule has 0 unspecified atom stereocenters. The van der Waals surface area contributed by atoms with Crippen LogP contribution in [0.25, 0.3) is 6.08 Å². The quantitative estimate of drug-likeness (QED) is 0.816. The molecule has 6 nitrogen and oxygen atoms in total. The van der Waals surface area contributed by atoms with Crippen molar-refractivity contribution in [2.24, 2.45) is 0 Å². The highest BCUT2D eigenvalue weighted by Gasteiger charge is 2.15. The molecule has 1 rings (SSSR count). The largest absolute Gasteiger partial charge is 0.476 e. The van der Waals surface area contributed by atoms with E-state index < -0.39 is 17.7 Å². The van der Waals surface area contributed by atoms with Crippen molar-refractivity contribution in [1.29, 1.82) is 0 Å². The number of aromatic carboxylic acids is 1. The maximum Gasteiger partial charge on any atom is 0.407 e.